The molecule has 0 atom stereocenters. The van der Waals surface area contributed by atoms with Crippen LogP contribution in [0.1, 0.15) is 18.4 Å². The van der Waals surface area contributed by atoms with Crippen molar-refractivity contribution in [2.45, 2.75) is 24.8 Å². The lowest BCUT2D eigenvalue weighted by Crippen LogP contribution is -2.21. The summed E-state index contributed by atoms with van der Waals surface area (Å²) in [4.78, 5) is 20.4. The van der Waals surface area contributed by atoms with Crippen molar-refractivity contribution in [1.29, 1.82) is 0 Å². The molecule has 0 spiro atoms. The Morgan fingerprint density at radius 2 is 1.74 bits per heavy atom. The Balaban J connectivity index is 0.000000515. The molecule has 0 aliphatic heterocycles. The van der Waals surface area contributed by atoms with E-state index in [1.165, 1.54) is 6.07 Å². The molecule has 0 aliphatic rings. The van der Waals surface area contributed by atoms with E-state index in [9.17, 15) is 28.1 Å². The maximum atomic E-state index is 10.7. The van der Waals surface area contributed by atoms with Crippen molar-refractivity contribution in [2.24, 2.45) is 0 Å². The van der Waals surface area contributed by atoms with Gasteiger partial charge in [0.05, 0.1) is 4.92 Å². The van der Waals surface area contributed by atoms with Crippen molar-refractivity contribution in [1.82, 2.24) is 0 Å². The topological polar surface area (TPSA) is 135 Å². The number of nitro benzene ring substituents is 1. The van der Waals surface area contributed by atoms with E-state index in [2.05, 4.69) is 0 Å². The first kappa shape index (κ1) is 20.8. The number of para-hydroxylation sites is 1. The Hall–Kier alpha value is -2.21. The maximum absolute atomic E-state index is 10.7. The molecule has 0 aliphatic carbocycles. The number of rotatable bonds is 5. The molecule has 1 aromatic rings. The first-order chi connectivity index (χ1) is 10.4. The molecule has 0 unspecified atom stereocenters. The third-order valence-electron chi connectivity index (χ3n) is 2.32. The summed E-state index contributed by atoms with van der Waals surface area (Å²) in [5, 5.41) is 19.0. The molecule has 0 fully saturated rings. The van der Waals surface area contributed by atoms with Gasteiger partial charge in [0.25, 0.3) is 5.69 Å². The number of carboxylic acids is 1. The molecule has 1 rings (SSSR count). The van der Waals surface area contributed by atoms with Gasteiger partial charge in [-0.2, -0.15) is 21.6 Å². The summed E-state index contributed by atoms with van der Waals surface area (Å²) in [6.45, 7) is 0. The fourth-order valence-corrected chi connectivity index (χ4v) is 1.33. The van der Waals surface area contributed by atoms with Crippen molar-refractivity contribution in [3.63, 3.8) is 0 Å². The van der Waals surface area contributed by atoms with Gasteiger partial charge >= 0.3 is 21.6 Å². The van der Waals surface area contributed by atoms with Crippen molar-refractivity contribution in [3.05, 3.63) is 39.9 Å². The number of halogens is 3. The third kappa shape index (κ3) is 8.11. The fraction of sp³-hybridized carbons (Fsp3) is 0.364. The van der Waals surface area contributed by atoms with Gasteiger partial charge in [0.2, 0.25) is 0 Å². The van der Waals surface area contributed by atoms with Gasteiger partial charge < -0.3 is 5.11 Å². The molecule has 0 aromatic heterocycles. The minimum atomic E-state index is -5.84. The molecule has 0 bridgehead atoms. The molecule has 0 amide bonds. The largest absolute Gasteiger partial charge is 0.522 e. The van der Waals surface area contributed by atoms with E-state index < -0.39 is 26.5 Å². The zero-order chi connectivity index (χ0) is 18.3. The summed E-state index contributed by atoms with van der Waals surface area (Å²) in [5.41, 5.74) is -4.89. The molecule has 0 saturated carbocycles. The average Bonchev–Trinajstić information content (AvgIpc) is 2.37. The Morgan fingerprint density at radius 3 is 2.13 bits per heavy atom. The summed E-state index contributed by atoms with van der Waals surface area (Å²) in [7, 11) is -5.84. The normalized spacial score (nSPS) is 11.3. The Bertz CT molecular complexity index is 658. The van der Waals surface area contributed by atoms with E-state index in [0.29, 0.717) is 18.4 Å². The molecule has 1 aromatic carbocycles. The first-order valence-corrected chi connectivity index (χ1v) is 7.28. The minimum Gasteiger partial charge on any atom is -0.481 e. The van der Waals surface area contributed by atoms with Gasteiger partial charge in [-0.1, -0.05) is 18.2 Å². The van der Waals surface area contributed by atoms with Crippen LogP contribution in [0.3, 0.4) is 0 Å². The standard InChI is InChI=1S/C10H11NO4.CHF3O3S/c12-10(13)7-3-5-8-4-1-2-6-9(8)11(14)15;2-1(3,4)8(5,6)7/h1-2,4,6H,3,5,7H2,(H,12,13);(H,5,6,7). The highest BCUT2D eigenvalue weighted by molar-refractivity contribution is 7.86. The van der Waals surface area contributed by atoms with Gasteiger partial charge in [-0.15, -0.1) is 0 Å². The van der Waals surface area contributed by atoms with Crippen LogP contribution in [-0.2, 0) is 21.3 Å². The van der Waals surface area contributed by atoms with E-state index in [1.807, 2.05) is 0 Å². The van der Waals surface area contributed by atoms with Gasteiger partial charge in [-0.25, -0.2) is 0 Å². The number of carboxylic acid groups (broad SMARTS) is 1. The average molecular weight is 359 g/mol. The molecule has 23 heavy (non-hydrogen) atoms. The molecular formula is C11H12F3NO7S. The molecule has 2 N–H and O–H groups in total. The number of hydrogen-bond acceptors (Lipinski definition) is 5. The lowest BCUT2D eigenvalue weighted by atomic mass is 10.1. The van der Waals surface area contributed by atoms with Crippen LogP contribution in [0.5, 0.6) is 0 Å². The van der Waals surface area contributed by atoms with Crippen molar-refractivity contribution < 1.29 is 41.0 Å². The van der Waals surface area contributed by atoms with Crippen LogP contribution in [0, 0.1) is 10.1 Å². The van der Waals surface area contributed by atoms with Gasteiger partial charge in [0.15, 0.2) is 0 Å². The van der Waals surface area contributed by atoms with Crippen molar-refractivity contribution in [2.75, 3.05) is 0 Å². The molecule has 12 heteroatoms. The van der Waals surface area contributed by atoms with E-state index in [1.54, 1.807) is 18.2 Å². The first-order valence-electron chi connectivity index (χ1n) is 5.84. The van der Waals surface area contributed by atoms with Crippen LogP contribution >= 0.6 is 0 Å². The summed E-state index contributed by atoms with van der Waals surface area (Å²) in [5.74, 6) is -0.881. The van der Waals surface area contributed by atoms with Gasteiger partial charge in [0.1, 0.15) is 0 Å². The van der Waals surface area contributed by atoms with E-state index in [-0.39, 0.29) is 12.1 Å². The van der Waals surface area contributed by atoms with Crippen molar-refractivity contribution in [3.8, 4) is 0 Å². The van der Waals surface area contributed by atoms with Crippen LogP contribution < -0.4 is 0 Å². The number of aryl methyl sites for hydroxylation is 1. The predicted octanol–water partition coefficient (Wildman–Crippen LogP) is 2.40. The van der Waals surface area contributed by atoms with Crippen LogP contribution in [0.4, 0.5) is 18.9 Å². The molecular weight excluding hydrogens is 347 g/mol. The lowest BCUT2D eigenvalue weighted by molar-refractivity contribution is -0.385. The minimum absolute atomic E-state index is 0.0338. The van der Waals surface area contributed by atoms with Gasteiger partial charge in [-0.3, -0.25) is 19.5 Å². The van der Waals surface area contributed by atoms with E-state index >= 15 is 0 Å². The number of benzene rings is 1. The second-order valence-electron chi connectivity index (χ2n) is 4.05. The number of nitro groups is 1. The summed E-state index contributed by atoms with van der Waals surface area (Å²) < 4.78 is 57.5. The molecule has 0 saturated heterocycles. The SMILES string of the molecule is O=C(O)CCCc1ccccc1[N+](=O)[O-].O=S(=O)(O)C(F)(F)F. The number of nitrogens with zero attached hydrogens (tertiary/aromatic N) is 1. The predicted molar refractivity (Wildman–Crippen MR) is 71.3 cm³/mol. The van der Waals surface area contributed by atoms with Crippen molar-refractivity contribution >= 4 is 21.8 Å². The summed E-state index contributed by atoms with van der Waals surface area (Å²) in [6, 6.07) is 6.39. The smallest absolute Gasteiger partial charge is 0.481 e. The second-order valence-corrected chi connectivity index (χ2v) is 5.47. The lowest BCUT2D eigenvalue weighted by Gasteiger charge is -2.00. The fourth-order valence-electron chi connectivity index (χ4n) is 1.33. The number of alkyl halides is 3. The number of aliphatic carboxylic acids is 1. The highest BCUT2D eigenvalue weighted by Crippen LogP contribution is 2.20. The summed E-state index contributed by atoms with van der Waals surface area (Å²) in [6.07, 6.45) is 0.871. The second kappa shape index (κ2) is 8.43. The highest BCUT2D eigenvalue weighted by Gasteiger charge is 2.44. The Kier molecular flexibility index (Phi) is 7.62. The number of hydrogen-bond donors (Lipinski definition) is 2. The maximum Gasteiger partial charge on any atom is 0.522 e. The van der Waals surface area contributed by atoms with Gasteiger partial charge in [0, 0.05) is 18.1 Å². The summed E-state index contributed by atoms with van der Waals surface area (Å²) >= 11 is 0. The Labute approximate surface area is 128 Å². The third-order valence-corrected chi connectivity index (χ3v) is 2.90. The van der Waals surface area contributed by atoms with Crippen LogP contribution in [-0.4, -0.2) is 34.5 Å². The molecule has 8 nitrogen and oxygen atoms in total. The van der Waals surface area contributed by atoms with Crippen LogP contribution in [0.2, 0.25) is 0 Å². The van der Waals surface area contributed by atoms with Crippen LogP contribution in [0.25, 0.3) is 0 Å². The Morgan fingerprint density at radius 1 is 1.26 bits per heavy atom. The molecule has 0 radical (unpaired) electrons. The van der Waals surface area contributed by atoms with Gasteiger partial charge in [-0.05, 0) is 12.8 Å². The van der Waals surface area contributed by atoms with E-state index in [0.717, 1.165) is 0 Å². The zero-order valence-electron chi connectivity index (χ0n) is 11.4. The molecule has 0 heterocycles. The van der Waals surface area contributed by atoms with Crippen LogP contribution in [0.15, 0.2) is 24.3 Å². The van der Waals surface area contributed by atoms with E-state index in [4.69, 9.17) is 18.1 Å². The highest BCUT2D eigenvalue weighted by atomic mass is 32.2. The monoisotopic (exact) mass is 359 g/mol. The quantitative estimate of drug-likeness (QED) is 0.357. The molecule has 130 valence electrons. The number of carbonyl (C=O) groups is 1. The zero-order valence-corrected chi connectivity index (χ0v) is 12.2.